The van der Waals surface area contributed by atoms with E-state index in [1.807, 2.05) is 0 Å². The number of nitrogens with two attached hydrogens (primary N) is 1. The average Bonchev–Trinajstić information content (AvgIpc) is 1.97. The molecule has 0 radical (unpaired) electrons. The van der Waals surface area contributed by atoms with Gasteiger partial charge in [0.15, 0.2) is 9.84 Å². The molecule has 1 aliphatic rings. The van der Waals surface area contributed by atoms with Crippen molar-refractivity contribution in [2.45, 2.75) is 24.6 Å². The molecule has 5 heteroatoms. The standard InChI is InChI=1S/C5H11NO2S.ClH/c1-4-5(6)2-3-9(4,7)8;/h4-5H,2-3,6H2,1H3;1H/t4-,5-;/m0./s1. The lowest BCUT2D eigenvalue weighted by Gasteiger charge is -2.05. The van der Waals surface area contributed by atoms with E-state index >= 15 is 0 Å². The average molecular weight is 186 g/mol. The Balaban J connectivity index is 0.000000810. The highest BCUT2D eigenvalue weighted by Gasteiger charge is 2.33. The van der Waals surface area contributed by atoms with Gasteiger partial charge in [0.05, 0.1) is 11.0 Å². The van der Waals surface area contributed by atoms with Gasteiger partial charge in [-0.2, -0.15) is 0 Å². The maximum atomic E-state index is 10.9. The van der Waals surface area contributed by atoms with Crippen LogP contribution in [0.5, 0.6) is 0 Å². The van der Waals surface area contributed by atoms with Crippen molar-refractivity contribution in [2.24, 2.45) is 5.73 Å². The van der Waals surface area contributed by atoms with Gasteiger partial charge in [-0.3, -0.25) is 0 Å². The van der Waals surface area contributed by atoms with Crippen LogP contribution in [-0.2, 0) is 9.84 Å². The highest BCUT2D eigenvalue weighted by Crippen LogP contribution is 2.17. The van der Waals surface area contributed by atoms with E-state index in [1.54, 1.807) is 6.92 Å². The third-order valence-electron chi connectivity index (χ3n) is 1.91. The maximum Gasteiger partial charge on any atom is 0.154 e. The molecule has 10 heavy (non-hydrogen) atoms. The fourth-order valence-corrected chi connectivity index (χ4v) is 2.63. The highest BCUT2D eigenvalue weighted by molar-refractivity contribution is 7.92. The Hall–Kier alpha value is 0.200. The third kappa shape index (κ3) is 1.62. The minimum atomic E-state index is -2.80. The number of sulfone groups is 1. The van der Waals surface area contributed by atoms with Crippen molar-refractivity contribution in [3.8, 4) is 0 Å². The Bertz CT molecular complexity index is 202. The fraction of sp³-hybridized carbons (Fsp3) is 1.00. The van der Waals surface area contributed by atoms with Crippen LogP contribution in [0.1, 0.15) is 13.3 Å². The van der Waals surface area contributed by atoms with Crippen LogP contribution in [0.3, 0.4) is 0 Å². The fourth-order valence-electron chi connectivity index (χ4n) is 0.987. The Morgan fingerprint density at radius 3 is 2.10 bits per heavy atom. The molecule has 1 fully saturated rings. The number of hydrogen-bond acceptors (Lipinski definition) is 3. The Labute approximate surface area is 67.3 Å². The molecule has 0 amide bonds. The van der Waals surface area contributed by atoms with Crippen molar-refractivity contribution >= 4 is 22.2 Å². The van der Waals surface area contributed by atoms with Gasteiger partial charge < -0.3 is 5.73 Å². The molecule has 0 unspecified atom stereocenters. The second-order valence-electron chi connectivity index (χ2n) is 2.52. The maximum absolute atomic E-state index is 10.9. The molecule has 62 valence electrons. The van der Waals surface area contributed by atoms with E-state index in [0.29, 0.717) is 6.42 Å². The minimum absolute atomic E-state index is 0. The summed E-state index contributed by atoms with van der Waals surface area (Å²) in [6.45, 7) is 1.67. The van der Waals surface area contributed by atoms with E-state index in [2.05, 4.69) is 0 Å². The van der Waals surface area contributed by atoms with Gasteiger partial charge in [0.2, 0.25) is 0 Å². The topological polar surface area (TPSA) is 60.2 Å². The van der Waals surface area contributed by atoms with Gasteiger partial charge >= 0.3 is 0 Å². The lowest BCUT2D eigenvalue weighted by Crippen LogP contribution is -2.30. The van der Waals surface area contributed by atoms with E-state index in [1.165, 1.54) is 0 Å². The lowest BCUT2D eigenvalue weighted by molar-refractivity contribution is 0.586. The summed E-state index contributed by atoms with van der Waals surface area (Å²) in [7, 11) is -2.80. The molecule has 3 nitrogen and oxygen atoms in total. The van der Waals surface area contributed by atoms with Crippen LogP contribution in [0.15, 0.2) is 0 Å². The zero-order chi connectivity index (χ0) is 7.07. The Kier molecular flexibility index (Phi) is 3.13. The Morgan fingerprint density at radius 2 is 2.00 bits per heavy atom. The summed E-state index contributed by atoms with van der Waals surface area (Å²) >= 11 is 0. The minimum Gasteiger partial charge on any atom is -0.327 e. The Morgan fingerprint density at radius 1 is 1.50 bits per heavy atom. The first-order valence-electron chi connectivity index (χ1n) is 3.01. The summed E-state index contributed by atoms with van der Waals surface area (Å²) in [6, 6.07) is -0.130. The van der Waals surface area contributed by atoms with Crippen LogP contribution in [0.4, 0.5) is 0 Å². The molecule has 0 aromatic rings. The first-order chi connectivity index (χ1) is 4.04. The molecule has 0 bridgehead atoms. The zero-order valence-corrected chi connectivity index (χ0v) is 7.41. The first kappa shape index (κ1) is 10.2. The number of halogens is 1. The van der Waals surface area contributed by atoms with Crippen molar-refractivity contribution in [1.82, 2.24) is 0 Å². The summed E-state index contributed by atoms with van der Waals surface area (Å²) in [5, 5.41) is -0.322. The monoisotopic (exact) mass is 185 g/mol. The van der Waals surface area contributed by atoms with E-state index in [-0.39, 0.29) is 29.5 Å². The van der Waals surface area contributed by atoms with Crippen molar-refractivity contribution in [3.05, 3.63) is 0 Å². The van der Waals surface area contributed by atoms with Gasteiger partial charge in [0, 0.05) is 6.04 Å². The molecule has 0 aliphatic carbocycles. The molecular weight excluding hydrogens is 174 g/mol. The van der Waals surface area contributed by atoms with Gasteiger partial charge in [0.1, 0.15) is 0 Å². The smallest absolute Gasteiger partial charge is 0.154 e. The largest absolute Gasteiger partial charge is 0.327 e. The van der Waals surface area contributed by atoms with E-state index in [9.17, 15) is 8.42 Å². The molecule has 1 saturated heterocycles. The summed E-state index contributed by atoms with van der Waals surface area (Å²) < 4.78 is 21.8. The van der Waals surface area contributed by atoms with Gasteiger partial charge in [-0.05, 0) is 13.3 Å². The van der Waals surface area contributed by atoms with Crippen LogP contribution >= 0.6 is 12.4 Å². The molecule has 2 N–H and O–H groups in total. The highest BCUT2D eigenvalue weighted by atomic mass is 35.5. The summed E-state index contributed by atoms with van der Waals surface area (Å²) in [5.74, 6) is 0.273. The van der Waals surface area contributed by atoms with Crippen LogP contribution in [0.2, 0.25) is 0 Å². The molecule has 1 rings (SSSR count). The van der Waals surface area contributed by atoms with Gasteiger partial charge in [0.25, 0.3) is 0 Å². The zero-order valence-electron chi connectivity index (χ0n) is 5.78. The molecular formula is C5H12ClNO2S. The van der Waals surface area contributed by atoms with Crippen LogP contribution < -0.4 is 5.73 Å². The predicted molar refractivity (Wildman–Crippen MR) is 43.1 cm³/mol. The molecule has 0 aromatic heterocycles. The predicted octanol–water partition coefficient (Wildman–Crippen LogP) is -0.0575. The van der Waals surface area contributed by atoms with Crippen molar-refractivity contribution in [2.75, 3.05) is 5.75 Å². The van der Waals surface area contributed by atoms with E-state index in [0.717, 1.165) is 0 Å². The van der Waals surface area contributed by atoms with Gasteiger partial charge in [-0.25, -0.2) is 8.42 Å². The SMILES string of the molecule is C[C@H]1[C@@H](N)CCS1(=O)=O.Cl. The summed E-state index contributed by atoms with van der Waals surface area (Å²) in [4.78, 5) is 0. The van der Waals surface area contributed by atoms with Crippen molar-refractivity contribution in [1.29, 1.82) is 0 Å². The van der Waals surface area contributed by atoms with Crippen LogP contribution in [0.25, 0.3) is 0 Å². The van der Waals surface area contributed by atoms with Crippen LogP contribution in [-0.4, -0.2) is 25.5 Å². The van der Waals surface area contributed by atoms with Crippen LogP contribution in [0, 0.1) is 0 Å². The van der Waals surface area contributed by atoms with Crippen molar-refractivity contribution < 1.29 is 8.42 Å². The summed E-state index contributed by atoms with van der Waals surface area (Å²) in [6.07, 6.45) is 0.628. The van der Waals surface area contributed by atoms with Crippen molar-refractivity contribution in [3.63, 3.8) is 0 Å². The molecule has 1 heterocycles. The molecule has 0 saturated carbocycles. The van der Waals surface area contributed by atoms with E-state index < -0.39 is 9.84 Å². The second-order valence-corrected chi connectivity index (χ2v) is 5.00. The molecule has 1 aliphatic heterocycles. The number of rotatable bonds is 0. The third-order valence-corrected chi connectivity index (χ3v) is 4.19. The van der Waals surface area contributed by atoms with Gasteiger partial charge in [-0.15, -0.1) is 12.4 Å². The lowest BCUT2D eigenvalue weighted by atomic mass is 10.2. The molecule has 2 atom stereocenters. The molecule has 0 aromatic carbocycles. The molecule has 0 spiro atoms. The second kappa shape index (κ2) is 3.07. The van der Waals surface area contributed by atoms with Gasteiger partial charge in [-0.1, -0.05) is 0 Å². The quantitative estimate of drug-likeness (QED) is 0.576. The first-order valence-corrected chi connectivity index (χ1v) is 4.73. The summed E-state index contributed by atoms with van der Waals surface area (Å²) in [5.41, 5.74) is 5.47. The number of hydrogen-bond donors (Lipinski definition) is 1. The van der Waals surface area contributed by atoms with E-state index in [4.69, 9.17) is 5.73 Å². The normalized spacial score (nSPS) is 37.0.